The maximum Gasteiger partial charge on any atom is 1.00 e. The van der Waals surface area contributed by atoms with Gasteiger partial charge in [-0.1, -0.05) is 194 Å². The standard InChI is InChI=1S/C51H92N3O13P.Na/c1-3-5-7-9-11-13-15-17-19-21-23-25-27-29-31-33-49(58)64-43-45(67-50(59)34-32-30-28-26-24-22-20-18-16-14-12-10-8-6-4-2)44-66-68(61,62)65-42-39-53-51(60)63-41-38-52-46(55)37-40-54-47(56)35-36-48(54)57;/h35-36,45H,3-34,37-44H2,1-2H3,(H,52,55)(H,53,60)(H,61,62);/q;+1/p-1/t45-;/m1./s1. The van der Waals surface area contributed by atoms with E-state index in [4.69, 9.17) is 23.3 Å². The van der Waals surface area contributed by atoms with Gasteiger partial charge in [0.25, 0.3) is 19.6 Å². The summed E-state index contributed by atoms with van der Waals surface area (Å²) in [5.74, 6) is -2.43. The number of hydrogen-bond acceptors (Lipinski definition) is 13. The van der Waals surface area contributed by atoms with Crippen LogP contribution in [0.3, 0.4) is 0 Å². The zero-order chi connectivity index (χ0) is 49.8. The van der Waals surface area contributed by atoms with E-state index in [-0.39, 0.29) is 81.7 Å². The van der Waals surface area contributed by atoms with Crippen LogP contribution in [-0.2, 0) is 51.8 Å². The van der Waals surface area contributed by atoms with Gasteiger partial charge in [0.05, 0.1) is 19.8 Å². The Morgan fingerprint density at radius 2 is 0.942 bits per heavy atom. The molecule has 0 saturated carbocycles. The molecule has 2 atom stereocenters. The number of rotatable bonds is 48. The van der Waals surface area contributed by atoms with Gasteiger partial charge < -0.3 is 38.8 Å². The molecule has 0 aromatic rings. The number of esters is 2. The number of nitrogens with zero attached hydrogens (tertiary/aromatic N) is 1. The second kappa shape index (κ2) is 46.7. The fraction of sp³-hybridized carbons (Fsp3) is 0.843. The van der Waals surface area contributed by atoms with E-state index in [0.717, 1.165) is 55.6 Å². The van der Waals surface area contributed by atoms with Crippen molar-refractivity contribution in [2.75, 3.05) is 46.1 Å². The SMILES string of the molecule is CCCCCCCCCCCCCCCCCC(=O)OC[C@H](COP(=O)([O-])OCCNC(=O)OCCNC(=O)CCN1C(=O)C=CC1=O)OC(=O)CCCCCCCCCCCCCCCCC.[Na+]. The van der Waals surface area contributed by atoms with E-state index in [9.17, 15) is 38.2 Å². The maximum absolute atomic E-state index is 12.8. The predicted molar refractivity (Wildman–Crippen MR) is 262 cm³/mol. The fourth-order valence-corrected chi connectivity index (χ4v) is 8.50. The molecule has 1 unspecified atom stereocenters. The fourth-order valence-electron chi connectivity index (χ4n) is 7.76. The van der Waals surface area contributed by atoms with E-state index in [1.165, 1.54) is 141 Å². The Morgan fingerprint density at radius 1 is 0.536 bits per heavy atom. The van der Waals surface area contributed by atoms with Gasteiger partial charge in [0.1, 0.15) is 13.2 Å². The van der Waals surface area contributed by atoms with Gasteiger partial charge in [-0.2, -0.15) is 0 Å². The van der Waals surface area contributed by atoms with Crippen LogP contribution in [0.5, 0.6) is 0 Å². The zero-order valence-electron chi connectivity index (χ0n) is 43.2. The van der Waals surface area contributed by atoms with Crippen molar-refractivity contribution in [1.29, 1.82) is 0 Å². The Labute approximate surface area is 437 Å². The normalized spacial score (nSPS) is 13.5. The van der Waals surface area contributed by atoms with E-state index in [2.05, 4.69) is 24.5 Å². The molecule has 4 amide bonds. The Morgan fingerprint density at radius 3 is 1.39 bits per heavy atom. The van der Waals surface area contributed by atoms with E-state index in [1.807, 2.05) is 0 Å². The molecule has 0 fully saturated rings. The van der Waals surface area contributed by atoms with E-state index in [1.54, 1.807) is 0 Å². The van der Waals surface area contributed by atoms with Crippen LogP contribution in [0.25, 0.3) is 0 Å². The largest absolute Gasteiger partial charge is 1.00 e. The van der Waals surface area contributed by atoms with Crippen molar-refractivity contribution in [2.45, 2.75) is 232 Å². The Hall–Kier alpha value is -2.33. The number of alkyl carbamates (subject to hydrolysis) is 1. The number of unbranched alkanes of at least 4 members (excludes halogenated alkanes) is 28. The van der Waals surface area contributed by atoms with Crippen molar-refractivity contribution >= 4 is 43.6 Å². The molecule has 0 saturated heterocycles. The van der Waals surface area contributed by atoms with Crippen LogP contribution >= 0.6 is 7.82 Å². The summed E-state index contributed by atoms with van der Waals surface area (Å²) in [5.41, 5.74) is 0. The number of ether oxygens (including phenoxy) is 3. The Bertz CT molecular complexity index is 1420. The molecule has 0 bridgehead atoms. The molecule has 1 heterocycles. The quantitative estimate of drug-likeness (QED) is 0.0150. The Balaban J connectivity index is 0.0000462. The summed E-state index contributed by atoms with van der Waals surface area (Å²) in [5, 5.41) is 4.81. The molecule has 2 N–H and O–H groups in total. The number of phosphoric ester groups is 1. The summed E-state index contributed by atoms with van der Waals surface area (Å²) in [6, 6.07) is 0. The second-order valence-corrected chi connectivity index (χ2v) is 19.5. The molecule has 16 nitrogen and oxygen atoms in total. The Kier molecular flexibility index (Phi) is 45.1. The first kappa shape index (κ1) is 66.7. The molecule has 0 aromatic carbocycles. The third-order valence-electron chi connectivity index (χ3n) is 11.9. The zero-order valence-corrected chi connectivity index (χ0v) is 46.1. The summed E-state index contributed by atoms with van der Waals surface area (Å²) in [6.45, 7) is 2.42. The topological polar surface area (TPSA) is 216 Å². The van der Waals surface area contributed by atoms with Crippen LogP contribution in [0.15, 0.2) is 12.2 Å². The summed E-state index contributed by atoms with van der Waals surface area (Å²) in [6.07, 6.45) is 36.5. The molecule has 0 radical (unpaired) electrons. The second-order valence-electron chi connectivity index (χ2n) is 18.1. The van der Waals surface area contributed by atoms with Gasteiger partial charge in [0.15, 0.2) is 6.10 Å². The van der Waals surface area contributed by atoms with Crippen molar-refractivity contribution in [3.05, 3.63) is 12.2 Å². The number of carbonyl (C=O) groups excluding carboxylic acids is 6. The number of imide groups is 1. The monoisotopic (exact) mass is 1010 g/mol. The first-order chi connectivity index (χ1) is 33.0. The summed E-state index contributed by atoms with van der Waals surface area (Å²) in [4.78, 5) is 86.0. The first-order valence-electron chi connectivity index (χ1n) is 26.6. The minimum Gasteiger partial charge on any atom is -0.756 e. The van der Waals surface area contributed by atoms with Gasteiger partial charge in [0.2, 0.25) is 5.91 Å². The number of hydrogen-bond donors (Lipinski definition) is 2. The van der Waals surface area contributed by atoms with Crippen molar-refractivity contribution in [3.63, 3.8) is 0 Å². The average Bonchev–Trinajstić information content (AvgIpc) is 3.64. The molecule has 0 aliphatic carbocycles. The molecular weight excluding hydrogens is 917 g/mol. The average molecular weight is 1010 g/mol. The molecular formula is C51H91N3NaO13P. The van der Waals surface area contributed by atoms with E-state index in [0.29, 0.717) is 12.8 Å². The van der Waals surface area contributed by atoms with E-state index >= 15 is 0 Å². The number of phosphoric acid groups is 1. The van der Waals surface area contributed by atoms with Gasteiger partial charge in [-0.15, -0.1) is 0 Å². The number of carbonyl (C=O) groups is 6. The van der Waals surface area contributed by atoms with Crippen LogP contribution in [0.2, 0.25) is 0 Å². The first-order valence-corrected chi connectivity index (χ1v) is 28.1. The maximum atomic E-state index is 12.8. The molecule has 69 heavy (non-hydrogen) atoms. The third kappa shape index (κ3) is 41.9. The smallest absolute Gasteiger partial charge is 0.756 e. The molecule has 1 rings (SSSR count). The predicted octanol–water partition coefficient (Wildman–Crippen LogP) is 7.63. The molecule has 0 spiro atoms. The van der Waals surface area contributed by atoms with Crippen LogP contribution in [0, 0.1) is 0 Å². The van der Waals surface area contributed by atoms with Crippen molar-refractivity contribution in [3.8, 4) is 0 Å². The molecule has 1 aliphatic rings. The van der Waals surface area contributed by atoms with Crippen LogP contribution < -0.4 is 45.1 Å². The minimum absolute atomic E-state index is 0. The number of amides is 4. The van der Waals surface area contributed by atoms with Crippen LogP contribution in [0.4, 0.5) is 4.79 Å². The van der Waals surface area contributed by atoms with Gasteiger partial charge in [0, 0.05) is 44.5 Å². The van der Waals surface area contributed by atoms with Crippen LogP contribution in [0.1, 0.15) is 226 Å². The van der Waals surface area contributed by atoms with Gasteiger partial charge >= 0.3 is 47.6 Å². The van der Waals surface area contributed by atoms with Gasteiger partial charge in [-0.3, -0.25) is 33.4 Å². The number of nitrogens with one attached hydrogen (secondary N) is 2. The minimum atomic E-state index is -4.93. The molecule has 394 valence electrons. The van der Waals surface area contributed by atoms with Crippen molar-refractivity contribution < 1.29 is 91.0 Å². The molecule has 18 heteroatoms. The van der Waals surface area contributed by atoms with Gasteiger partial charge in [-0.25, -0.2) is 4.79 Å². The van der Waals surface area contributed by atoms with E-state index < -0.39 is 62.9 Å². The molecule has 0 aromatic heterocycles. The third-order valence-corrected chi connectivity index (χ3v) is 12.8. The summed E-state index contributed by atoms with van der Waals surface area (Å²) < 4.78 is 38.3. The van der Waals surface area contributed by atoms with Crippen LogP contribution in [-0.4, -0.2) is 92.8 Å². The summed E-state index contributed by atoms with van der Waals surface area (Å²) >= 11 is 0. The summed E-state index contributed by atoms with van der Waals surface area (Å²) in [7, 11) is -4.93. The van der Waals surface area contributed by atoms with Gasteiger partial charge in [-0.05, 0) is 12.8 Å². The van der Waals surface area contributed by atoms with Crippen molar-refractivity contribution in [1.82, 2.24) is 15.5 Å². The molecule has 1 aliphatic heterocycles. The van der Waals surface area contributed by atoms with Crippen molar-refractivity contribution in [2.24, 2.45) is 0 Å².